The topological polar surface area (TPSA) is 98.9 Å². The summed E-state index contributed by atoms with van der Waals surface area (Å²) in [6.07, 6.45) is -0.837. The second kappa shape index (κ2) is 6.20. The second-order valence-electron chi connectivity index (χ2n) is 5.13. The van der Waals surface area contributed by atoms with Crippen LogP contribution >= 0.6 is 0 Å². The number of esters is 2. The number of cyclic esters (lactones) is 1. The van der Waals surface area contributed by atoms with Crippen molar-refractivity contribution < 1.29 is 24.2 Å². The van der Waals surface area contributed by atoms with Crippen molar-refractivity contribution in [3.05, 3.63) is 64.7 Å². The highest BCUT2D eigenvalue weighted by molar-refractivity contribution is 6.04. The molecule has 3 N–H and O–H groups in total. The third-order valence-electron chi connectivity index (χ3n) is 3.62. The normalized spacial score (nSPS) is 15.2. The summed E-state index contributed by atoms with van der Waals surface area (Å²) >= 11 is 0. The first-order valence-electron chi connectivity index (χ1n) is 7.09. The third kappa shape index (κ3) is 2.94. The first-order valence-corrected chi connectivity index (χ1v) is 7.09. The van der Waals surface area contributed by atoms with E-state index in [2.05, 4.69) is 0 Å². The van der Waals surface area contributed by atoms with Gasteiger partial charge in [0, 0.05) is 12.1 Å². The van der Waals surface area contributed by atoms with Crippen LogP contribution in [0.25, 0.3) is 0 Å². The van der Waals surface area contributed by atoms with Gasteiger partial charge in [0.05, 0.1) is 17.2 Å². The van der Waals surface area contributed by atoms with Crippen molar-refractivity contribution in [2.24, 2.45) is 5.73 Å². The zero-order valence-electron chi connectivity index (χ0n) is 12.2. The van der Waals surface area contributed by atoms with Gasteiger partial charge >= 0.3 is 11.9 Å². The molecule has 118 valence electrons. The Labute approximate surface area is 132 Å². The highest BCUT2D eigenvalue weighted by Gasteiger charge is 2.23. The van der Waals surface area contributed by atoms with Crippen LogP contribution in [-0.4, -0.2) is 23.6 Å². The molecule has 0 spiro atoms. The molecule has 2 aromatic rings. The minimum atomic E-state index is -0.837. The molecular formula is C17H15NO5. The average Bonchev–Trinajstić information content (AvgIpc) is 2.63. The summed E-state index contributed by atoms with van der Waals surface area (Å²) < 4.78 is 10.6. The minimum absolute atomic E-state index is 0.0593. The van der Waals surface area contributed by atoms with E-state index in [1.165, 1.54) is 12.1 Å². The van der Waals surface area contributed by atoms with Crippen LogP contribution in [0.3, 0.4) is 0 Å². The third-order valence-corrected chi connectivity index (χ3v) is 3.62. The Morgan fingerprint density at radius 3 is 2.48 bits per heavy atom. The molecule has 0 amide bonds. The fourth-order valence-corrected chi connectivity index (χ4v) is 2.37. The lowest BCUT2D eigenvalue weighted by Gasteiger charge is -2.13. The van der Waals surface area contributed by atoms with E-state index in [-0.39, 0.29) is 30.0 Å². The molecule has 0 aromatic heterocycles. The van der Waals surface area contributed by atoms with Gasteiger partial charge in [0.1, 0.15) is 12.4 Å². The molecule has 1 heterocycles. The summed E-state index contributed by atoms with van der Waals surface area (Å²) in [5.74, 6) is -0.949. The molecule has 6 nitrogen and oxygen atoms in total. The standard InChI is InChI=1S/C17H15NO5/c18-8-14(19)10-5-6-15-11(7-10)9-22-16(20)12-3-1-2-4-13(12)17(21)23-15/h1-7,14,19H,8-9,18H2. The van der Waals surface area contributed by atoms with Gasteiger partial charge in [-0.2, -0.15) is 0 Å². The monoisotopic (exact) mass is 313 g/mol. The van der Waals surface area contributed by atoms with Crippen molar-refractivity contribution in [3.8, 4) is 5.75 Å². The highest BCUT2D eigenvalue weighted by Crippen LogP contribution is 2.27. The SMILES string of the molecule is NCC(O)c1ccc2c(c1)COC(=O)c1ccccc1C(=O)O2. The first-order chi connectivity index (χ1) is 11.1. The van der Waals surface area contributed by atoms with Crippen LogP contribution in [0.15, 0.2) is 42.5 Å². The summed E-state index contributed by atoms with van der Waals surface area (Å²) in [7, 11) is 0. The molecular weight excluding hydrogens is 298 g/mol. The first kappa shape index (κ1) is 15.2. The molecule has 0 fully saturated rings. The number of benzene rings is 2. The molecule has 2 aromatic carbocycles. The van der Waals surface area contributed by atoms with E-state index < -0.39 is 18.0 Å². The number of aliphatic hydroxyl groups excluding tert-OH is 1. The van der Waals surface area contributed by atoms with Crippen molar-refractivity contribution in [2.45, 2.75) is 12.7 Å². The molecule has 0 radical (unpaired) electrons. The maximum Gasteiger partial charge on any atom is 0.344 e. The van der Waals surface area contributed by atoms with E-state index in [1.54, 1.807) is 30.3 Å². The number of rotatable bonds is 2. The maximum absolute atomic E-state index is 12.3. The van der Waals surface area contributed by atoms with Crippen LogP contribution in [0, 0.1) is 0 Å². The quantitative estimate of drug-likeness (QED) is 0.645. The van der Waals surface area contributed by atoms with Gasteiger partial charge < -0.3 is 20.3 Å². The predicted octanol–water partition coefficient (Wildman–Crippen LogP) is 1.57. The van der Waals surface area contributed by atoms with Gasteiger partial charge in [0.2, 0.25) is 0 Å². The Balaban J connectivity index is 2.03. The molecule has 3 rings (SSSR count). The van der Waals surface area contributed by atoms with Crippen LogP contribution in [0.5, 0.6) is 5.75 Å². The average molecular weight is 313 g/mol. The van der Waals surface area contributed by atoms with Gasteiger partial charge in [-0.05, 0) is 29.8 Å². The number of ether oxygens (including phenoxy) is 2. The summed E-state index contributed by atoms with van der Waals surface area (Å²) in [4.78, 5) is 24.4. The Morgan fingerprint density at radius 1 is 1.09 bits per heavy atom. The second-order valence-corrected chi connectivity index (χ2v) is 5.13. The molecule has 1 aliphatic rings. The van der Waals surface area contributed by atoms with Gasteiger partial charge in [-0.15, -0.1) is 0 Å². The summed E-state index contributed by atoms with van der Waals surface area (Å²) in [5.41, 5.74) is 6.81. The van der Waals surface area contributed by atoms with Crippen molar-refractivity contribution in [1.29, 1.82) is 0 Å². The van der Waals surface area contributed by atoms with Crippen LogP contribution in [0.4, 0.5) is 0 Å². The predicted molar refractivity (Wildman–Crippen MR) is 81.0 cm³/mol. The van der Waals surface area contributed by atoms with Crippen molar-refractivity contribution >= 4 is 11.9 Å². The number of carbonyl (C=O) groups is 2. The number of carbonyl (C=O) groups excluding carboxylic acids is 2. The van der Waals surface area contributed by atoms with Gasteiger partial charge in [-0.3, -0.25) is 0 Å². The van der Waals surface area contributed by atoms with Crippen LogP contribution < -0.4 is 10.5 Å². The molecule has 0 aliphatic carbocycles. The van der Waals surface area contributed by atoms with Crippen LogP contribution in [-0.2, 0) is 11.3 Å². The number of nitrogens with two attached hydrogens (primary N) is 1. The van der Waals surface area contributed by atoms with Gasteiger partial charge in [0.15, 0.2) is 0 Å². The summed E-state index contributed by atoms with van der Waals surface area (Å²) in [5, 5.41) is 9.82. The molecule has 0 saturated heterocycles. The zero-order valence-corrected chi connectivity index (χ0v) is 12.2. The number of fused-ring (bicyclic) bond motifs is 2. The lowest BCUT2D eigenvalue weighted by atomic mass is 10.1. The fourth-order valence-electron chi connectivity index (χ4n) is 2.37. The number of hydrogen-bond acceptors (Lipinski definition) is 6. The Bertz CT molecular complexity index is 771. The van der Waals surface area contributed by atoms with Crippen molar-refractivity contribution in [1.82, 2.24) is 0 Å². The van der Waals surface area contributed by atoms with Gasteiger partial charge in [0.25, 0.3) is 0 Å². The zero-order chi connectivity index (χ0) is 16.4. The Hall–Kier alpha value is -2.70. The van der Waals surface area contributed by atoms with Gasteiger partial charge in [-0.1, -0.05) is 18.2 Å². The highest BCUT2D eigenvalue weighted by atomic mass is 16.5. The lowest BCUT2D eigenvalue weighted by molar-refractivity contribution is 0.0471. The minimum Gasteiger partial charge on any atom is -0.457 e. The number of hydrogen-bond donors (Lipinski definition) is 2. The van der Waals surface area contributed by atoms with Crippen molar-refractivity contribution in [2.75, 3.05) is 6.54 Å². The smallest absolute Gasteiger partial charge is 0.344 e. The molecule has 1 aliphatic heterocycles. The molecule has 1 atom stereocenters. The lowest BCUT2D eigenvalue weighted by Crippen LogP contribution is -2.14. The molecule has 6 heteroatoms. The van der Waals surface area contributed by atoms with Crippen LogP contribution in [0.2, 0.25) is 0 Å². The van der Waals surface area contributed by atoms with Crippen LogP contribution in [0.1, 0.15) is 37.9 Å². The summed E-state index contributed by atoms with van der Waals surface area (Å²) in [6.45, 7) is -0.00921. The molecule has 0 saturated carbocycles. The van der Waals surface area contributed by atoms with E-state index in [1.807, 2.05) is 0 Å². The Morgan fingerprint density at radius 2 is 1.78 bits per heavy atom. The maximum atomic E-state index is 12.3. The molecule has 0 bridgehead atoms. The fraction of sp³-hybridized carbons (Fsp3) is 0.176. The van der Waals surface area contributed by atoms with E-state index >= 15 is 0 Å². The van der Waals surface area contributed by atoms with Gasteiger partial charge in [-0.25, -0.2) is 9.59 Å². The van der Waals surface area contributed by atoms with E-state index in [9.17, 15) is 14.7 Å². The number of aliphatic hydroxyl groups is 1. The summed E-state index contributed by atoms with van der Waals surface area (Å²) in [6, 6.07) is 11.1. The van der Waals surface area contributed by atoms with E-state index in [4.69, 9.17) is 15.2 Å². The Kier molecular flexibility index (Phi) is 4.10. The molecule has 1 unspecified atom stereocenters. The molecule has 23 heavy (non-hydrogen) atoms. The largest absolute Gasteiger partial charge is 0.457 e. The van der Waals surface area contributed by atoms with E-state index in [0.717, 1.165) is 0 Å². The van der Waals surface area contributed by atoms with E-state index in [0.29, 0.717) is 11.1 Å². The van der Waals surface area contributed by atoms with Crippen molar-refractivity contribution in [3.63, 3.8) is 0 Å².